The summed E-state index contributed by atoms with van der Waals surface area (Å²) >= 11 is 1.68. The molecule has 1 atom stereocenters. The molecule has 36 heavy (non-hydrogen) atoms. The monoisotopic (exact) mass is 502 g/mol. The molecule has 1 aliphatic rings. The van der Waals surface area contributed by atoms with Crippen molar-refractivity contribution < 1.29 is 9.59 Å². The van der Waals surface area contributed by atoms with Crippen LogP contribution in [0.25, 0.3) is 11.4 Å². The molecular weight excluding hydrogens is 476 g/mol. The average molecular weight is 503 g/mol. The van der Waals surface area contributed by atoms with Gasteiger partial charge in [-0.25, -0.2) is 9.97 Å². The van der Waals surface area contributed by atoms with E-state index in [-0.39, 0.29) is 34.7 Å². The molecule has 0 unspecified atom stereocenters. The van der Waals surface area contributed by atoms with E-state index in [9.17, 15) is 9.59 Å². The van der Waals surface area contributed by atoms with Crippen LogP contribution >= 0.6 is 11.3 Å². The molecule has 0 radical (unpaired) electrons. The van der Waals surface area contributed by atoms with Gasteiger partial charge in [0.1, 0.15) is 17.7 Å². The minimum Gasteiger partial charge on any atom is -0.347 e. The van der Waals surface area contributed by atoms with Crippen LogP contribution in [0.15, 0.2) is 42.0 Å². The van der Waals surface area contributed by atoms with Crippen molar-refractivity contribution in [3.8, 4) is 11.4 Å². The van der Waals surface area contributed by atoms with E-state index >= 15 is 0 Å². The van der Waals surface area contributed by atoms with Gasteiger partial charge in [-0.05, 0) is 57.7 Å². The molecular formula is C25H26N8O2S. The maximum Gasteiger partial charge on any atom is 0.270 e. The van der Waals surface area contributed by atoms with Crippen LogP contribution in [0.5, 0.6) is 0 Å². The Morgan fingerprint density at radius 2 is 1.92 bits per heavy atom. The van der Waals surface area contributed by atoms with Crippen LogP contribution in [0.2, 0.25) is 0 Å². The van der Waals surface area contributed by atoms with Crippen LogP contribution in [-0.2, 0) is 18.4 Å². The zero-order valence-corrected chi connectivity index (χ0v) is 21.0. The van der Waals surface area contributed by atoms with Gasteiger partial charge in [0.25, 0.3) is 11.8 Å². The van der Waals surface area contributed by atoms with Crippen LogP contribution in [0.3, 0.4) is 0 Å². The normalized spacial score (nSPS) is 14.9. The second-order valence-electron chi connectivity index (χ2n) is 9.75. The fourth-order valence-electron chi connectivity index (χ4n) is 4.16. The lowest BCUT2D eigenvalue weighted by molar-refractivity contribution is 0.0931. The predicted molar refractivity (Wildman–Crippen MR) is 134 cm³/mol. The summed E-state index contributed by atoms with van der Waals surface area (Å²) in [6.45, 7) is 6.87. The third kappa shape index (κ3) is 5.01. The summed E-state index contributed by atoms with van der Waals surface area (Å²) in [6, 6.07) is 9.31. The molecule has 184 valence electrons. The van der Waals surface area contributed by atoms with Gasteiger partial charge in [-0.2, -0.15) is 5.21 Å². The summed E-state index contributed by atoms with van der Waals surface area (Å²) in [7, 11) is 0. The molecule has 0 aliphatic heterocycles. The first-order valence-corrected chi connectivity index (χ1v) is 12.5. The van der Waals surface area contributed by atoms with E-state index in [1.807, 2.05) is 23.6 Å². The first kappa shape index (κ1) is 23.7. The number of tetrazole rings is 1. The van der Waals surface area contributed by atoms with Gasteiger partial charge in [0.15, 0.2) is 0 Å². The topological polar surface area (TPSA) is 138 Å². The number of hydrogen-bond acceptors (Lipinski definition) is 8. The van der Waals surface area contributed by atoms with Gasteiger partial charge in [0, 0.05) is 23.1 Å². The van der Waals surface area contributed by atoms with Crippen molar-refractivity contribution >= 4 is 23.2 Å². The molecule has 2 amide bonds. The number of hydrogen-bond donors (Lipinski definition) is 3. The lowest BCUT2D eigenvalue weighted by atomic mass is 9.94. The Kier molecular flexibility index (Phi) is 6.31. The highest BCUT2D eigenvalue weighted by Gasteiger charge is 2.26. The number of H-pyrrole nitrogens is 1. The number of rotatable bonds is 6. The minimum atomic E-state index is -0.352. The highest BCUT2D eigenvalue weighted by atomic mass is 32.1. The Bertz CT molecular complexity index is 1410. The zero-order valence-electron chi connectivity index (χ0n) is 20.2. The number of carbonyl (C=O) groups is 2. The number of aromatic nitrogens is 6. The van der Waals surface area contributed by atoms with Crippen LogP contribution in [-0.4, -0.2) is 42.4 Å². The summed E-state index contributed by atoms with van der Waals surface area (Å²) in [5.74, 6) is -0.167. The van der Waals surface area contributed by atoms with E-state index in [1.165, 1.54) is 17.3 Å². The lowest BCUT2D eigenvalue weighted by Crippen LogP contribution is -2.29. The number of carbonyl (C=O) groups excluding carboxylic acids is 2. The number of aromatic amines is 1. The van der Waals surface area contributed by atoms with Gasteiger partial charge in [-0.1, -0.05) is 32.9 Å². The van der Waals surface area contributed by atoms with Crippen LogP contribution < -0.4 is 10.6 Å². The van der Waals surface area contributed by atoms with Crippen LogP contribution in [0, 0.1) is 0 Å². The smallest absolute Gasteiger partial charge is 0.270 e. The number of benzene rings is 1. The van der Waals surface area contributed by atoms with Crippen molar-refractivity contribution in [1.29, 1.82) is 0 Å². The zero-order chi connectivity index (χ0) is 25.3. The third-order valence-corrected chi connectivity index (χ3v) is 7.51. The maximum atomic E-state index is 13.0. The lowest BCUT2D eigenvalue weighted by Gasteiger charge is -2.15. The van der Waals surface area contributed by atoms with Crippen molar-refractivity contribution in [3.05, 3.63) is 75.0 Å². The number of fused-ring (bicyclic) bond motifs is 1. The molecule has 3 N–H and O–H groups in total. The van der Waals surface area contributed by atoms with E-state index in [0.29, 0.717) is 12.4 Å². The molecule has 1 aromatic carbocycles. The van der Waals surface area contributed by atoms with Crippen LogP contribution in [0.1, 0.15) is 75.8 Å². The van der Waals surface area contributed by atoms with Gasteiger partial charge < -0.3 is 10.6 Å². The third-order valence-electron chi connectivity index (χ3n) is 6.11. The molecule has 1 aliphatic carbocycles. The van der Waals surface area contributed by atoms with E-state index < -0.39 is 0 Å². The summed E-state index contributed by atoms with van der Waals surface area (Å²) in [6.07, 6.45) is 2.83. The SMILES string of the molecule is CC(C)(C)c1cc(CNC(=O)c2cc(C(=O)N[C@H]3CCc4cc(-c5nn[nH]n5)ccc43)ncn2)cs1. The molecule has 3 heterocycles. The standard InChI is InChI=1S/C25H26N8O2S/c1-25(2,3)21-8-14(12-36-21)11-26-23(34)19-10-20(28-13-27-19)24(35)29-18-7-5-15-9-16(4-6-17(15)18)22-30-32-33-31-22/h4,6,8-10,12-13,18H,5,7,11H2,1-3H3,(H,26,34)(H,29,35)(H,30,31,32,33)/t18-/m0/s1. The number of aryl methyl sites for hydroxylation is 1. The van der Waals surface area contributed by atoms with Crippen molar-refractivity contribution in [1.82, 2.24) is 41.2 Å². The number of nitrogens with zero attached hydrogens (tertiary/aromatic N) is 5. The molecule has 3 aromatic heterocycles. The molecule has 0 saturated heterocycles. The highest BCUT2D eigenvalue weighted by molar-refractivity contribution is 7.10. The Balaban J connectivity index is 1.22. The molecule has 0 spiro atoms. The molecule has 0 bridgehead atoms. The average Bonchev–Trinajstić information content (AvgIpc) is 3.63. The van der Waals surface area contributed by atoms with E-state index in [1.54, 1.807) is 11.3 Å². The van der Waals surface area contributed by atoms with E-state index in [2.05, 4.69) is 68.1 Å². The highest BCUT2D eigenvalue weighted by Crippen LogP contribution is 2.33. The van der Waals surface area contributed by atoms with Crippen molar-refractivity contribution in [3.63, 3.8) is 0 Å². The van der Waals surface area contributed by atoms with Gasteiger partial charge in [-0.3, -0.25) is 9.59 Å². The first-order valence-electron chi connectivity index (χ1n) is 11.6. The molecule has 0 saturated carbocycles. The molecule has 4 aromatic rings. The largest absolute Gasteiger partial charge is 0.347 e. The Hall–Kier alpha value is -3.99. The van der Waals surface area contributed by atoms with Gasteiger partial charge in [0.05, 0.1) is 6.04 Å². The summed E-state index contributed by atoms with van der Waals surface area (Å²) in [5, 5.41) is 22.1. The Morgan fingerprint density at radius 3 is 2.64 bits per heavy atom. The summed E-state index contributed by atoms with van der Waals surface area (Å²) < 4.78 is 0. The van der Waals surface area contributed by atoms with Gasteiger partial charge in [-0.15, -0.1) is 21.5 Å². The fourth-order valence-corrected chi connectivity index (χ4v) is 5.17. The number of nitrogens with one attached hydrogen (secondary N) is 3. The fraction of sp³-hybridized carbons (Fsp3) is 0.320. The van der Waals surface area contributed by atoms with E-state index in [0.717, 1.165) is 35.1 Å². The predicted octanol–water partition coefficient (Wildman–Crippen LogP) is 3.36. The van der Waals surface area contributed by atoms with E-state index in [4.69, 9.17) is 0 Å². The first-order chi connectivity index (χ1) is 17.3. The van der Waals surface area contributed by atoms with Crippen LogP contribution in [0.4, 0.5) is 0 Å². The molecule has 11 heteroatoms. The van der Waals surface area contributed by atoms with Gasteiger partial charge >= 0.3 is 0 Å². The summed E-state index contributed by atoms with van der Waals surface area (Å²) in [4.78, 5) is 35.0. The van der Waals surface area contributed by atoms with Crippen molar-refractivity contribution in [2.45, 2.75) is 51.6 Å². The maximum absolute atomic E-state index is 13.0. The minimum absolute atomic E-state index is 0.0677. The summed E-state index contributed by atoms with van der Waals surface area (Å²) in [5.41, 5.74) is 4.46. The van der Waals surface area contributed by atoms with Crippen molar-refractivity contribution in [2.24, 2.45) is 0 Å². The molecule has 0 fully saturated rings. The molecule has 10 nitrogen and oxygen atoms in total. The van der Waals surface area contributed by atoms with Gasteiger partial charge in [0.2, 0.25) is 5.82 Å². The Labute approximate surface area is 212 Å². The second-order valence-corrected chi connectivity index (χ2v) is 10.7. The second kappa shape index (κ2) is 9.57. The number of amides is 2. The number of thiophene rings is 1. The van der Waals surface area contributed by atoms with Crippen molar-refractivity contribution in [2.75, 3.05) is 0 Å². The quantitative estimate of drug-likeness (QED) is 0.367. The Morgan fingerprint density at radius 1 is 1.11 bits per heavy atom. The molecule has 5 rings (SSSR count).